The average Bonchev–Trinajstić information content (AvgIpc) is 3.63. The summed E-state index contributed by atoms with van der Waals surface area (Å²) < 4.78 is 42.2. The number of benzene rings is 2. The summed E-state index contributed by atoms with van der Waals surface area (Å²) in [6.07, 6.45) is 5.85. The van der Waals surface area contributed by atoms with Crippen molar-refractivity contribution in [1.29, 1.82) is 0 Å². The number of nitrogens with one attached hydrogen (secondary N) is 1. The summed E-state index contributed by atoms with van der Waals surface area (Å²) in [5.74, 6) is -0.266. The summed E-state index contributed by atoms with van der Waals surface area (Å²) in [4.78, 5) is 16.9. The Morgan fingerprint density at radius 3 is 2.62 bits per heavy atom. The molecule has 2 fully saturated rings. The van der Waals surface area contributed by atoms with Crippen molar-refractivity contribution in [3.05, 3.63) is 72.3 Å². The number of hydrogen-bond acceptors (Lipinski definition) is 9. The second kappa shape index (κ2) is 11.5. The number of rotatable bonds is 7. The van der Waals surface area contributed by atoms with Crippen LogP contribution < -0.4 is 20.0 Å². The van der Waals surface area contributed by atoms with Gasteiger partial charge in [-0.3, -0.25) is 9.52 Å². The molecule has 10 nitrogen and oxygen atoms in total. The minimum Gasteiger partial charge on any atom is -0.494 e. The van der Waals surface area contributed by atoms with Gasteiger partial charge in [0.15, 0.2) is 17.5 Å². The number of aryl methyl sites for hydroxylation is 1. The average molecular weight is 578 g/mol. The van der Waals surface area contributed by atoms with Gasteiger partial charge in [-0.05, 0) is 26.0 Å². The molecule has 2 aliphatic rings. The Kier molecular flexibility index (Phi) is 7.65. The quantitative estimate of drug-likeness (QED) is 0.310. The van der Waals surface area contributed by atoms with Gasteiger partial charge in [0.2, 0.25) is 0 Å². The van der Waals surface area contributed by atoms with E-state index in [2.05, 4.69) is 39.1 Å². The van der Waals surface area contributed by atoms with Crippen LogP contribution in [0.25, 0.3) is 11.1 Å². The maximum absolute atomic E-state index is 14.6. The molecule has 0 spiro atoms. The number of morpholine rings is 1. The first-order valence-corrected chi connectivity index (χ1v) is 13.9. The molecular formula is C30H33F2N7O3. The van der Waals surface area contributed by atoms with E-state index in [0.717, 1.165) is 36.0 Å². The maximum atomic E-state index is 14.6. The highest BCUT2D eigenvalue weighted by Gasteiger charge is 2.32. The Hall–Kier alpha value is -4.29. The van der Waals surface area contributed by atoms with E-state index >= 15 is 0 Å². The second-order valence-electron chi connectivity index (χ2n) is 10.6. The first-order valence-electron chi connectivity index (χ1n) is 13.9. The van der Waals surface area contributed by atoms with E-state index in [1.807, 2.05) is 31.6 Å². The van der Waals surface area contributed by atoms with Crippen molar-refractivity contribution in [3.63, 3.8) is 0 Å². The molecule has 1 N–H and O–H groups in total. The van der Waals surface area contributed by atoms with Gasteiger partial charge in [0, 0.05) is 67.3 Å². The van der Waals surface area contributed by atoms with Crippen LogP contribution in [0.15, 0.2) is 55.1 Å². The number of hydroxylamine groups is 1. The van der Waals surface area contributed by atoms with Gasteiger partial charge in [-0.2, -0.15) is 5.10 Å². The lowest BCUT2D eigenvalue weighted by Crippen LogP contribution is -2.45. The third kappa shape index (κ3) is 5.47. The van der Waals surface area contributed by atoms with Crippen molar-refractivity contribution >= 4 is 23.0 Å². The SMILES string of the molecule is COc1cc(N2C[C@@H](C)O[C@@H](C)C2)c(-c2cnn(C)c2)cc1Nc1cc(N2OCC[C@@H]2c2cccc(F)c2F)ncn1. The summed E-state index contributed by atoms with van der Waals surface area (Å²) in [7, 11) is 3.51. The smallest absolute Gasteiger partial charge is 0.164 e. The lowest BCUT2D eigenvalue weighted by atomic mass is 10.0. The monoisotopic (exact) mass is 577 g/mol. The predicted octanol–water partition coefficient (Wildman–Crippen LogP) is 5.40. The zero-order valence-corrected chi connectivity index (χ0v) is 23.9. The summed E-state index contributed by atoms with van der Waals surface area (Å²) in [6, 6.07) is 9.37. The fourth-order valence-corrected chi connectivity index (χ4v) is 5.69. The van der Waals surface area contributed by atoms with E-state index in [1.165, 1.54) is 17.5 Å². The van der Waals surface area contributed by atoms with Crippen LogP contribution in [-0.4, -0.2) is 58.8 Å². The Morgan fingerprint density at radius 1 is 1.07 bits per heavy atom. The van der Waals surface area contributed by atoms with Crippen LogP contribution in [0.1, 0.15) is 31.9 Å². The fraction of sp³-hybridized carbons (Fsp3) is 0.367. The third-order valence-corrected chi connectivity index (χ3v) is 7.48. The van der Waals surface area contributed by atoms with Gasteiger partial charge in [-0.25, -0.2) is 23.8 Å². The molecule has 12 heteroatoms. The van der Waals surface area contributed by atoms with E-state index in [-0.39, 0.29) is 17.8 Å². The number of methoxy groups -OCH3 is 1. The molecule has 0 bridgehead atoms. The molecular weight excluding hydrogens is 544 g/mol. The molecule has 3 atom stereocenters. The predicted molar refractivity (Wildman–Crippen MR) is 155 cm³/mol. The van der Waals surface area contributed by atoms with E-state index in [1.54, 1.807) is 23.9 Å². The first-order chi connectivity index (χ1) is 20.3. The van der Waals surface area contributed by atoms with Crippen LogP contribution in [0, 0.1) is 11.6 Å². The number of ether oxygens (including phenoxy) is 2. The Labute approximate surface area is 242 Å². The van der Waals surface area contributed by atoms with Gasteiger partial charge in [0.25, 0.3) is 0 Å². The topological polar surface area (TPSA) is 89.8 Å². The van der Waals surface area contributed by atoms with Gasteiger partial charge >= 0.3 is 0 Å². The van der Waals surface area contributed by atoms with Gasteiger partial charge in [-0.15, -0.1) is 0 Å². The molecule has 0 radical (unpaired) electrons. The van der Waals surface area contributed by atoms with Crippen LogP contribution in [0.2, 0.25) is 0 Å². The Balaban J connectivity index is 1.35. The summed E-state index contributed by atoms with van der Waals surface area (Å²) >= 11 is 0. The number of anilines is 4. The molecule has 2 aromatic carbocycles. The minimum absolute atomic E-state index is 0.0798. The minimum atomic E-state index is -0.898. The molecule has 4 heterocycles. The van der Waals surface area contributed by atoms with Crippen LogP contribution in [0.4, 0.5) is 31.8 Å². The Morgan fingerprint density at radius 2 is 1.88 bits per heavy atom. The van der Waals surface area contributed by atoms with Gasteiger partial charge < -0.3 is 19.7 Å². The van der Waals surface area contributed by atoms with E-state index in [0.29, 0.717) is 36.1 Å². The highest BCUT2D eigenvalue weighted by molar-refractivity contribution is 5.85. The normalized spacial score (nSPS) is 20.7. The number of nitrogens with zero attached hydrogens (tertiary/aromatic N) is 6. The van der Waals surface area contributed by atoms with Crippen molar-refractivity contribution in [2.75, 3.05) is 42.1 Å². The molecule has 2 saturated heterocycles. The molecule has 2 aromatic heterocycles. The van der Waals surface area contributed by atoms with Crippen molar-refractivity contribution in [1.82, 2.24) is 19.7 Å². The van der Waals surface area contributed by atoms with Crippen LogP contribution in [0.5, 0.6) is 5.75 Å². The molecule has 42 heavy (non-hydrogen) atoms. The highest BCUT2D eigenvalue weighted by atomic mass is 19.2. The zero-order valence-electron chi connectivity index (χ0n) is 23.9. The molecule has 4 aromatic rings. The molecule has 0 unspecified atom stereocenters. The van der Waals surface area contributed by atoms with Crippen LogP contribution in [0.3, 0.4) is 0 Å². The summed E-state index contributed by atoms with van der Waals surface area (Å²) in [5, 5.41) is 9.27. The van der Waals surface area contributed by atoms with Crippen molar-refractivity contribution in [2.24, 2.45) is 7.05 Å². The number of aromatic nitrogens is 4. The van der Waals surface area contributed by atoms with Crippen molar-refractivity contribution < 1.29 is 23.1 Å². The molecule has 0 aliphatic carbocycles. The van der Waals surface area contributed by atoms with Gasteiger partial charge in [0.1, 0.15) is 17.9 Å². The molecule has 220 valence electrons. The lowest BCUT2D eigenvalue weighted by molar-refractivity contribution is -0.00519. The number of halogens is 2. The number of hydrogen-bond donors (Lipinski definition) is 1. The maximum Gasteiger partial charge on any atom is 0.164 e. The third-order valence-electron chi connectivity index (χ3n) is 7.48. The molecule has 0 amide bonds. The van der Waals surface area contributed by atoms with Crippen molar-refractivity contribution in [3.8, 4) is 16.9 Å². The standard InChI is InChI=1S/C30H33F2N7O3/c1-18-14-38(15-19(2)42-18)26-11-27(40-4)24(10-22(26)20-13-35-37(3)16-20)36-28-12-29(34-17-33-28)39-25(8-9-41-39)21-6-5-7-23(31)30(21)32/h5-7,10-13,16-19,25H,8-9,14-15H2,1-4H3,(H,33,34,36)/t18-,19+,25-/m1/s1. The van der Waals surface area contributed by atoms with Gasteiger partial charge in [-0.1, -0.05) is 12.1 Å². The highest BCUT2D eigenvalue weighted by Crippen LogP contribution is 2.42. The van der Waals surface area contributed by atoms with E-state index < -0.39 is 17.7 Å². The second-order valence-corrected chi connectivity index (χ2v) is 10.6. The summed E-state index contributed by atoms with van der Waals surface area (Å²) in [5.41, 5.74) is 3.85. The molecule has 0 saturated carbocycles. The zero-order chi connectivity index (χ0) is 29.4. The van der Waals surface area contributed by atoms with E-state index in [9.17, 15) is 8.78 Å². The largest absolute Gasteiger partial charge is 0.494 e. The van der Waals surface area contributed by atoms with Crippen molar-refractivity contribution in [2.45, 2.75) is 38.5 Å². The molecule has 6 rings (SSSR count). The van der Waals surface area contributed by atoms with E-state index in [4.69, 9.17) is 14.3 Å². The van der Waals surface area contributed by atoms with Crippen LogP contribution >= 0.6 is 0 Å². The first kappa shape index (κ1) is 27.9. The van der Waals surface area contributed by atoms with Gasteiger partial charge in [0.05, 0.1) is 43.9 Å². The lowest BCUT2D eigenvalue weighted by Gasteiger charge is -2.38. The Bertz CT molecular complexity index is 1570. The summed E-state index contributed by atoms with van der Waals surface area (Å²) in [6.45, 7) is 5.97. The molecule has 2 aliphatic heterocycles. The fourth-order valence-electron chi connectivity index (χ4n) is 5.69. The van der Waals surface area contributed by atoms with Crippen LogP contribution in [-0.2, 0) is 16.6 Å².